The summed E-state index contributed by atoms with van der Waals surface area (Å²) in [6.45, 7) is 4.86. The molecule has 0 spiro atoms. The minimum Gasteiger partial charge on any atom is -0.397 e. The van der Waals surface area contributed by atoms with Crippen LogP contribution in [0.5, 0.6) is 0 Å². The first kappa shape index (κ1) is 14.1. The highest BCUT2D eigenvalue weighted by Gasteiger charge is 2.11. The molecule has 0 aliphatic heterocycles. The van der Waals surface area contributed by atoms with E-state index in [-0.39, 0.29) is 5.91 Å². The fourth-order valence-corrected chi connectivity index (χ4v) is 1.78. The SMILES string of the molecule is CCC(C)CNC(=O)c1ccn(-c2ccccc2N)n1. The Labute approximate surface area is 118 Å². The number of rotatable bonds is 5. The van der Waals surface area contributed by atoms with Crippen LogP contribution < -0.4 is 11.1 Å². The Morgan fingerprint density at radius 1 is 1.40 bits per heavy atom. The molecule has 106 valence electrons. The summed E-state index contributed by atoms with van der Waals surface area (Å²) in [5, 5.41) is 7.15. The molecule has 5 nitrogen and oxygen atoms in total. The maximum atomic E-state index is 12.0. The number of aromatic nitrogens is 2. The number of carbonyl (C=O) groups excluding carboxylic acids is 1. The minimum absolute atomic E-state index is 0.154. The number of para-hydroxylation sites is 2. The summed E-state index contributed by atoms with van der Waals surface area (Å²) in [6, 6.07) is 9.11. The van der Waals surface area contributed by atoms with Crippen molar-refractivity contribution in [2.45, 2.75) is 20.3 Å². The van der Waals surface area contributed by atoms with Crippen molar-refractivity contribution >= 4 is 11.6 Å². The van der Waals surface area contributed by atoms with Crippen LogP contribution in [0.25, 0.3) is 5.69 Å². The van der Waals surface area contributed by atoms with Crippen LogP contribution in [0.1, 0.15) is 30.8 Å². The van der Waals surface area contributed by atoms with E-state index < -0.39 is 0 Å². The van der Waals surface area contributed by atoms with E-state index in [9.17, 15) is 4.79 Å². The van der Waals surface area contributed by atoms with Crippen molar-refractivity contribution in [3.8, 4) is 5.69 Å². The summed E-state index contributed by atoms with van der Waals surface area (Å²) < 4.78 is 1.62. The topological polar surface area (TPSA) is 72.9 Å². The van der Waals surface area contributed by atoms with Crippen molar-refractivity contribution in [1.82, 2.24) is 15.1 Å². The van der Waals surface area contributed by atoms with Crippen LogP contribution >= 0.6 is 0 Å². The number of hydrogen-bond acceptors (Lipinski definition) is 3. The highest BCUT2D eigenvalue weighted by molar-refractivity contribution is 5.92. The Morgan fingerprint density at radius 2 is 2.15 bits per heavy atom. The van der Waals surface area contributed by atoms with Gasteiger partial charge < -0.3 is 11.1 Å². The molecule has 0 radical (unpaired) electrons. The predicted octanol–water partition coefficient (Wildman–Crippen LogP) is 2.23. The average molecular weight is 272 g/mol. The number of benzene rings is 1. The van der Waals surface area contributed by atoms with E-state index in [0.29, 0.717) is 23.8 Å². The summed E-state index contributed by atoms with van der Waals surface area (Å²) in [5.74, 6) is 0.310. The number of hydrogen-bond donors (Lipinski definition) is 2. The Bertz CT molecular complexity index is 591. The Hall–Kier alpha value is -2.30. The maximum Gasteiger partial charge on any atom is 0.271 e. The summed E-state index contributed by atoms with van der Waals surface area (Å²) >= 11 is 0. The minimum atomic E-state index is -0.154. The van der Waals surface area contributed by atoms with Crippen LogP contribution in [0.2, 0.25) is 0 Å². The molecule has 0 aliphatic carbocycles. The van der Waals surface area contributed by atoms with Gasteiger partial charge in [0.2, 0.25) is 0 Å². The molecular formula is C15H20N4O. The van der Waals surface area contributed by atoms with Gasteiger partial charge in [0.15, 0.2) is 5.69 Å². The van der Waals surface area contributed by atoms with Gasteiger partial charge in [-0.15, -0.1) is 0 Å². The number of amides is 1. The zero-order valence-corrected chi connectivity index (χ0v) is 11.8. The van der Waals surface area contributed by atoms with Crippen molar-refractivity contribution in [2.24, 2.45) is 5.92 Å². The molecule has 0 fully saturated rings. The largest absolute Gasteiger partial charge is 0.397 e. The van der Waals surface area contributed by atoms with E-state index in [1.807, 2.05) is 18.2 Å². The molecule has 0 saturated carbocycles. The number of nitrogens with zero attached hydrogens (tertiary/aromatic N) is 2. The van der Waals surface area contributed by atoms with Crippen molar-refractivity contribution in [1.29, 1.82) is 0 Å². The number of nitrogen functional groups attached to an aromatic ring is 1. The third-order valence-corrected chi connectivity index (χ3v) is 3.31. The monoisotopic (exact) mass is 272 g/mol. The zero-order valence-electron chi connectivity index (χ0n) is 11.8. The second-order valence-electron chi connectivity index (χ2n) is 4.93. The van der Waals surface area contributed by atoms with E-state index in [0.717, 1.165) is 12.1 Å². The fourth-order valence-electron chi connectivity index (χ4n) is 1.78. The quantitative estimate of drug-likeness (QED) is 0.820. The van der Waals surface area contributed by atoms with Gasteiger partial charge in [-0.25, -0.2) is 4.68 Å². The van der Waals surface area contributed by atoms with E-state index in [2.05, 4.69) is 24.3 Å². The molecule has 2 aromatic rings. The number of nitrogens with one attached hydrogen (secondary N) is 1. The van der Waals surface area contributed by atoms with Crippen molar-refractivity contribution in [2.75, 3.05) is 12.3 Å². The molecule has 20 heavy (non-hydrogen) atoms. The molecular weight excluding hydrogens is 252 g/mol. The van der Waals surface area contributed by atoms with E-state index in [1.165, 1.54) is 0 Å². The van der Waals surface area contributed by atoms with Gasteiger partial charge in [-0.05, 0) is 24.1 Å². The predicted molar refractivity (Wildman–Crippen MR) is 79.8 cm³/mol. The fraction of sp³-hybridized carbons (Fsp3) is 0.333. The lowest BCUT2D eigenvalue weighted by Gasteiger charge is -2.08. The van der Waals surface area contributed by atoms with Gasteiger partial charge >= 0.3 is 0 Å². The summed E-state index contributed by atoms with van der Waals surface area (Å²) in [5.41, 5.74) is 7.69. The van der Waals surface area contributed by atoms with Crippen LogP contribution in [0.3, 0.4) is 0 Å². The van der Waals surface area contributed by atoms with Gasteiger partial charge in [0.1, 0.15) is 0 Å². The number of nitrogens with two attached hydrogens (primary N) is 1. The maximum absolute atomic E-state index is 12.0. The molecule has 1 amide bonds. The Balaban J connectivity index is 2.09. The number of carbonyl (C=O) groups is 1. The van der Waals surface area contributed by atoms with Crippen LogP contribution in [0.15, 0.2) is 36.5 Å². The highest BCUT2D eigenvalue weighted by Crippen LogP contribution is 2.15. The molecule has 5 heteroatoms. The van der Waals surface area contributed by atoms with E-state index >= 15 is 0 Å². The lowest BCUT2D eigenvalue weighted by molar-refractivity contribution is 0.0942. The van der Waals surface area contributed by atoms with Gasteiger partial charge in [-0.1, -0.05) is 32.4 Å². The molecule has 2 rings (SSSR count). The molecule has 3 N–H and O–H groups in total. The third-order valence-electron chi connectivity index (χ3n) is 3.31. The van der Waals surface area contributed by atoms with Gasteiger partial charge in [0.05, 0.1) is 11.4 Å². The first-order chi connectivity index (χ1) is 9.61. The zero-order chi connectivity index (χ0) is 14.5. The molecule has 1 atom stereocenters. The molecule has 1 aromatic heterocycles. The van der Waals surface area contributed by atoms with E-state index in [4.69, 9.17) is 5.73 Å². The summed E-state index contributed by atoms with van der Waals surface area (Å²) in [6.07, 6.45) is 2.78. The van der Waals surface area contributed by atoms with Gasteiger partial charge in [0.25, 0.3) is 5.91 Å². The van der Waals surface area contributed by atoms with Crippen LogP contribution in [0, 0.1) is 5.92 Å². The average Bonchev–Trinajstić information content (AvgIpc) is 2.94. The molecule has 1 aromatic carbocycles. The molecule has 1 unspecified atom stereocenters. The molecule has 1 heterocycles. The van der Waals surface area contributed by atoms with Crippen molar-refractivity contribution in [3.63, 3.8) is 0 Å². The van der Waals surface area contributed by atoms with Crippen molar-refractivity contribution in [3.05, 3.63) is 42.2 Å². The summed E-state index contributed by atoms with van der Waals surface area (Å²) in [4.78, 5) is 12.0. The van der Waals surface area contributed by atoms with Gasteiger partial charge in [-0.3, -0.25) is 4.79 Å². The molecule has 0 saturated heterocycles. The Morgan fingerprint density at radius 3 is 2.85 bits per heavy atom. The smallest absolute Gasteiger partial charge is 0.271 e. The summed E-state index contributed by atoms with van der Waals surface area (Å²) in [7, 11) is 0. The van der Waals surface area contributed by atoms with Crippen LogP contribution in [0.4, 0.5) is 5.69 Å². The van der Waals surface area contributed by atoms with Gasteiger partial charge in [0, 0.05) is 12.7 Å². The molecule has 0 bridgehead atoms. The van der Waals surface area contributed by atoms with Crippen LogP contribution in [-0.2, 0) is 0 Å². The number of anilines is 1. The second-order valence-corrected chi connectivity index (χ2v) is 4.93. The second kappa shape index (κ2) is 6.23. The first-order valence-corrected chi connectivity index (χ1v) is 6.80. The normalized spacial score (nSPS) is 12.1. The van der Waals surface area contributed by atoms with Crippen LogP contribution in [-0.4, -0.2) is 22.2 Å². The highest BCUT2D eigenvalue weighted by atomic mass is 16.1. The first-order valence-electron chi connectivity index (χ1n) is 6.80. The Kier molecular flexibility index (Phi) is 4.40. The standard InChI is InChI=1S/C15H20N4O/c1-3-11(2)10-17-15(20)13-8-9-19(18-13)14-7-5-4-6-12(14)16/h4-9,11H,3,10,16H2,1-2H3,(H,17,20). The third kappa shape index (κ3) is 3.17. The van der Waals surface area contributed by atoms with E-state index in [1.54, 1.807) is 23.0 Å². The lowest BCUT2D eigenvalue weighted by atomic mass is 10.1. The van der Waals surface area contributed by atoms with Crippen molar-refractivity contribution < 1.29 is 4.79 Å². The van der Waals surface area contributed by atoms with Gasteiger partial charge in [-0.2, -0.15) is 5.10 Å². The molecule has 0 aliphatic rings. The lowest BCUT2D eigenvalue weighted by Crippen LogP contribution is -2.28.